The van der Waals surface area contributed by atoms with Gasteiger partial charge in [-0.15, -0.1) is 0 Å². The average Bonchev–Trinajstić information content (AvgIpc) is 3.19. The van der Waals surface area contributed by atoms with Crippen LogP contribution in [0.4, 0.5) is 0 Å². The molecule has 1 aromatic rings. The minimum atomic E-state index is -0.326. The number of nitrogens with zero attached hydrogens (tertiary/aromatic N) is 1. The molecule has 3 N–H and O–H groups in total. The van der Waals surface area contributed by atoms with E-state index in [4.69, 9.17) is 15.2 Å². The van der Waals surface area contributed by atoms with E-state index in [9.17, 15) is 4.79 Å². The summed E-state index contributed by atoms with van der Waals surface area (Å²) in [5, 5.41) is 2.95. The van der Waals surface area contributed by atoms with Crippen molar-refractivity contribution in [3.05, 3.63) is 35.9 Å². The molecule has 0 aromatic heterocycles. The van der Waals surface area contributed by atoms with Crippen molar-refractivity contribution in [3.63, 3.8) is 0 Å². The molecule has 0 aliphatic carbocycles. The highest BCUT2D eigenvalue weighted by Crippen LogP contribution is 2.19. The van der Waals surface area contributed by atoms with Crippen LogP contribution in [0, 0.1) is 0 Å². The third-order valence-corrected chi connectivity index (χ3v) is 5.42. The van der Waals surface area contributed by atoms with Crippen LogP contribution >= 0.6 is 0 Å². The minimum absolute atomic E-state index is 0.0137. The minimum Gasteiger partial charge on any atom is -0.378 e. The van der Waals surface area contributed by atoms with Crippen LogP contribution in [-0.2, 0) is 20.8 Å². The first kappa shape index (κ1) is 20.3. The molecule has 0 bridgehead atoms. The molecular formula is C21H33N3O3. The first-order chi connectivity index (χ1) is 13.2. The van der Waals surface area contributed by atoms with Gasteiger partial charge >= 0.3 is 0 Å². The molecule has 0 spiro atoms. The summed E-state index contributed by atoms with van der Waals surface area (Å²) in [7, 11) is 0. The number of hydrogen-bond donors (Lipinski definition) is 2. The average molecular weight is 376 g/mol. The highest BCUT2D eigenvalue weighted by molar-refractivity contribution is 5.80. The summed E-state index contributed by atoms with van der Waals surface area (Å²) in [5.74, 6) is -0.0137. The Kier molecular flexibility index (Phi) is 8.08. The summed E-state index contributed by atoms with van der Waals surface area (Å²) in [6.45, 7) is 5.00. The molecule has 1 aromatic carbocycles. The number of nitrogens with two attached hydrogens (primary N) is 1. The molecule has 3 rings (SSSR count). The van der Waals surface area contributed by atoms with Crippen molar-refractivity contribution in [2.24, 2.45) is 5.73 Å². The van der Waals surface area contributed by atoms with Crippen LogP contribution in [0.2, 0.25) is 0 Å². The molecule has 2 atom stereocenters. The standard InChI is InChI=1S/C21H33N3O3/c22-15-19-7-8-20(27-19)21(25)23-11-4-14-26-18-9-12-24(13-10-18)16-17-5-2-1-3-6-17/h1-3,5-6,18-20H,4,7-16,22H2,(H,23,25)/t19-,20+/m1/s1. The summed E-state index contributed by atoms with van der Waals surface area (Å²) >= 11 is 0. The van der Waals surface area contributed by atoms with Gasteiger partial charge in [0.15, 0.2) is 0 Å². The van der Waals surface area contributed by atoms with Crippen molar-refractivity contribution in [1.29, 1.82) is 0 Å². The summed E-state index contributed by atoms with van der Waals surface area (Å²) < 4.78 is 11.6. The number of ether oxygens (including phenoxy) is 2. The monoisotopic (exact) mass is 375 g/mol. The van der Waals surface area contributed by atoms with Gasteiger partial charge < -0.3 is 20.5 Å². The number of amides is 1. The van der Waals surface area contributed by atoms with Crippen LogP contribution in [0.3, 0.4) is 0 Å². The lowest BCUT2D eigenvalue weighted by Crippen LogP contribution is -2.37. The third-order valence-electron chi connectivity index (χ3n) is 5.42. The molecule has 27 heavy (non-hydrogen) atoms. The SMILES string of the molecule is NC[C@H]1CC[C@@H](C(=O)NCCCOC2CCN(Cc3ccccc3)CC2)O1. The maximum absolute atomic E-state index is 12.0. The van der Waals surface area contributed by atoms with Gasteiger partial charge in [-0.3, -0.25) is 9.69 Å². The van der Waals surface area contributed by atoms with Gasteiger partial charge in [-0.2, -0.15) is 0 Å². The predicted octanol–water partition coefficient (Wildman–Crippen LogP) is 1.68. The lowest BCUT2D eigenvalue weighted by Gasteiger charge is -2.32. The van der Waals surface area contributed by atoms with E-state index in [0.717, 1.165) is 51.7 Å². The third kappa shape index (κ3) is 6.57. The quantitative estimate of drug-likeness (QED) is 0.642. The first-order valence-corrected chi connectivity index (χ1v) is 10.3. The van der Waals surface area contributed by atoms with Crippen molar-refractivity contribution < 1.29 is 14.3 Å². The number of carbonyl (C=O) groups excluding carboxylic acids is 1. The molecule has 0 saturated carbocycles. The van der Waals surface area contributed by atoms with E-state index < -0.39 is 0 Å². The summed E-state index contributed by atoms with van der Waals surface area (Å²) in [5.41, 5.74) is 6.95. The largest absolute Gasteiger partial charge is 0.378 e. The Morgan fingerprint density at radius 2 is 1.96 bits per heavy atom. The van der Waals surface area contributed by atoms with E-state index in [2.05, 4.69) is 40.5 Å². The molecule has 6 heteroatoms. The zero-order chi connectivity index (χ0) is 18.9. The maximum Gasteiger partial charge on any atom is 0.249 e. The number of rotatable bonds is 9. The lowest BCUT2D eigenvalue weighted by molar-refractivity contribution is -0.131. The number of piperidine rings is 1. The molecule has 0 radical (unpaired) electrons. The molecule has 0 unspecified atom stereocenters. The number of nitrogens with one attached hydrogen (secondary N) is 1. The Morgan fingerprint density at radius 3 is 2.67 bits per heavy atom. The van der Waals surface area contributed by atoms with E-state index in [1.165, 1.54) is 5.56 Å². The fraction of sp³-hybridized carbons (Fsp3) is 0.667. The predicted molar refractivity (Wildman–Crippen MR) is 105 cm³/mol. The molecule has 1 amide bonds. The Hall–Kier alpha value is -1.47. The number of carbonyl (C=O) groups is 1. The van der Waals surface area contributed by atoms with Crippen LogP contribution in [0.5, 0.6) is 0 Å². The van der Waals surface area contributed by atoms with Gasteiger partial charge in [-0.25, -0.2) is 0 Å². The van der Waals surface area contributed by atoms with Gasteiger partial charge in [0.25, 0.3) is 0 Å². The van der Waals surface area contributed by atoms with Crippen molar-refractivity contribution >= 4 is 5.91 Å². The van der Waals surface area contributed by atoms with Crippen LogP contribution in [0.1, 0.15) is 37.7 Å². The van der Waals surface area contributed by atoms with Gasteiger partial charge in [0.2, 0.25) is 5.91 Å². The normalized spacial score (nSPS) is 24.2. The van der Waals surface area contributed by atoms with E-state index >= 15 is 0 Å². The fourth-order valence-corrected chi connectivity index (χ4v) is 3.80. The topological polar surface area (TPSA) is 76.8 Å². The fourth-order valence-electron chi connectivity index (χ4n) is 3.80. The van der Waals surface area contributed by atoms with Crippen LogP contribution < -0.4 is 11.1 Å². The highest BCUT2D eigenvalue weighted by Gasteiger charge is 2.29. The Bertz CT molecular complexity index is 561. The Morgan fingerprint density at radius 1 is 1.19 bits per heavy atom. The summed E-state index contributed by atoms with van der Waals surface area (Å²) in [6, 6.07) is 10.6. The zero-order valence-corrected chi connectivity index (χ0v) is 16.1. The number of benzene rings is 1. The van der Waals surface area contributed by atoms with Crippen molar-refractivity contribution in [1.82, 2.24) is 10.2 Å². The van der Waals surface area contributed by atoms with Crippen LogP contribution in [0.25, 0.3) is 0 Å². The Labute approximate surface area is 162 Å². The van der Waals surface area contributed by atoms with E-state index in [-0.39, 0.29) is 18.1 Å². The molecule has 2 fully saturated rings. The second kappa shape index (κ2) is 10.8. The molecule has 2 saturated heterocycles. The van der Waals surface area contributed by atoms with Gasteiger partial charge in [0.05, 0.1) is 12.2 Å². The van der Waals surface area contributed by atoms with Crippen LogP contribution in [-0.4, -0.2) is 61.9 Å². The number of hydrogen-bond acceptors (Lipinski definition) is 5. The van der Waals surface area contributed by atoms with E-state index in [0.29, 0.717) is 25.8 Å². The van der Waals surface area contributed by atoms with Crippen molar-refractivity contribution in [2.75, 3.05) is 32.8 Å². The lowest BCUT2D eigenvalue weighted by atomic mass is 10.1. The van der Waals surface area contributed by atoms with Crippen molar-refractivity contribution in [2.45, 2.75) is 57.0 Å². The Balaban J connectivity index is 1.22. The van der Waals surface area contributed by atoms with E-state index in [1.54, 1.807) is 0 Å². The van der Waals surface area contributed by atoms with Crippen molar-refractivity contribution in [3.8, 4) is 0 Å². The summed E-state index contributed by atoms with van der Waals surface area (Å²) in [6.07, 6.45) is 4.70. The van der Waals surface area contributed by atoms with Gasteiger partial charge in [0.1, 0.15) is 6.10 Å². The first-order valence-electron chi connectivity index (χ1n) is 10.3. The molecule has 2 heterocycles. The second-order valence-corrected chi connectivity index (χ2v) is 7.54. The van der Waals surface area contributed by atoms with Gasteiger partial charge in [-0.1, -0.05) is 30.3 Å². The maximum atomic E-state index is 12.0. The molecule has 6 nitrogen and oxygen atoms in total. The molecular weight excluding hydrogens is 342 g/mol. The van der Waals surface area contributed by atoms with Gasteiger partial charge in [-0.05, 0) is 37.7 Å². The number of likely N-dealkylation sites (tertiary alicyclic amines) is 1. The second-order valence-electron chi connectivity index (χ2n) is 7.54. The molecule has 2 aliphatic rings. The summed E-state index contributed by atoms with van der Waals surface area (Å²) in [4.78, 5) is 14.5. The smallest absolute Gasteiger partial charge is 0.249 e. The highest BCUT2D eigenvalue weighted by atomic mass is 16.5. The van der Waals surface area contributed by atoms with Gasteiger partial charge in [0, 0.05) is 39.3 Å². The van der Waals surface area contributed by atoms with Crippen LogP contribution in [0.15, 0.2) is 30.3 Å². The molecule has 150 valence electrons. The molecule has 2 aliphatic heterocycles. The van der Waals surface area contributed by atoms with E-state index in [1.807, 2.05) is 0 Å². The zero-order valence-electron chi connectivity index (χ0n) is 16.1.